The summed E-state index contributed by atoms with van der Waals surface area (Å²) in [6.07, 6.45) is 0.973. The van der Waals surface area contributed by atoms with Gasteiger partial charge >= 0.3 is 0 Å². The molecule has 0 unspecified atom stereocenters. The van der Waals surface area contributed by atoms with Crippen LogP contribution >= 0.6 is 0 Å². The molecule has 2 aliphatic carbocycles. The van der Waals surface area contributed by atoms with Crippen LogP contribution in [0.2, 0.25) is 0 Å². The van der Waals surface area contributed by atoms with E-state index in [9.17, 15) is 0 Å². The third kappa shape index (κ3) is 5.95. The lowest BCUT2D eigenvalue weighted by molar-refractivity contribution is 0.661. The third-order valence-electron chi connectivity index (χ3n) is 14.4. The van der Waals surface area contributed by atoms with Gasteiger partial charge in [0.05, 0.1) is 16.7 Å². The predicted molar refractivity (Wildman–Crippen MR) is 278 cm³/mol. The van der Waals surface area contributed by atoms with Crippen molar-refractivity contribution in [1.82, 2.24) is 4.57 Å². The van der Waals surface area contributed by atoms with Crippen molar-refractivity contribution < 1.29 is 0 Å². The second kappa shape index (κ2) is 14.9. The number of para-hydroxylation sites is 2. The van der Waals surface area contributed by atoms with Gasteiger partial charge in [-0.2, -0.15) is 0 Å². The van der Waals surface area contributed by atoms with Crippen LogP contribution in [0.5, 0.6) is 0 Å². The van der Waals surface area contributed by atoms with Gasteiger partial charge in [0, 0.05) is 33.2 Å². The highest BCUT2D eigenvalue weighted by atomic mass is 15.1. The quantitative estimate of drug-likeness (QED) is 0.155. The van der Waals surface area contributed by atoms with Gasteiger partial charge in [0.15, 0.2) is 0 Å². The van der Waals surface area contributed by atoms with Crippen molar-refractivity contribution in [3.8, 4) is 61.3 Å². The van der Waals surface area contributed by atoms with E-state index in [2.05, 4.69) is 254 Å². The molecule has 1 aromatic heterocycles. The van der Waals surface area contributed by atoms with E-state index in [1.807, 2.05) is 0 Å². The van der Waals surface area contributed by atoms with E-state index < -0.39 is 0 Å². The number of fused-ring (bicyclic) bond motifs is 9. The van der Waals surface area contributed by atoms with Crippen LogP contribution in [-0.2, 0) is 11.8 Å². The second-order valence-corrected chi connectivity index (χ2v) is 18.5. The number of anilines is 3. The molecule has 13 rings (SSSR count). The molecule has 0 aliphatic heterocycles. The summed E-state index contributed by atoms with van der Waals surface area (Å²) in [5, 5.41) is 2.52. The Bertz CT molecular complexity index is 3670. The zero-order chi connectivity index (χ0) is 43.9. The van der Waals surface area contributed by atoms with Crippen molar-refractivity contribution in [2.24, 2.45) is 0 Å². The molecule has 1 heterocycles. The molecule has 66 heavy (non-hydrogen) atoms. The van der Waals surface area contributed by atoms with Crippen LogP contribution in [0.3, 0.4) is 0 Å². The average Bonchev–Trinajstić information content (AvgIpc) is 4.00. The molecule has 0 fully saturated rings. The zero-order valence-corrected chi connectivity index (χ0v) is 37.0. The van der Waals surface area contributed by atoms with Crippen LogP contribution in [-0.4, -0.2) is 4.57 Å². The maximum Gasteiger partial charge on any atom is 0.0547 e. The zero-order valence-electron chi connectivity index (χ0n) is 37.0. The number of benzene rings is 10. The van der Waals surface area contributed by atoms with E-state index in [1.54, 1.807) is 0 Å². The van der Waals surface area contributed by atoms with Gasteiger partial charge in [-0.3, -0.25) is 0 Å². The molecule has 10 aromatic carbocycles. The summed E-state index contributed by atoms with van der Waals surface area (Å²) >= 11 is 0. The summed E-state index contributed by atoms with van der Waals surface area (Å²) in [4.78, 5) is 2.48. The standard InChI is InChI=1S/C64H46N2/c1-64(2)58-23-11-9-19-53(58)54-22-14-26-61(63(54)64)65(50-35-31-43(32-36-50)46-28-30-48-39-47-29-27-45(40-56(47)57(48)41-46)42-15-5-3-6-16-42)51-37-33-44(34-38-51)52-21-13-25-60-62(52)55-20-10-12-24-59(55)66(60)49-17-7-4-8-18-49/h3-38,40-41H,39H2,1-2H3. The van der Waals surface area contributed by atoms with Gasteiger partial charge in [-0.15, -0.1) is 0 Å². The summed E-state index contributed by atoms with van der Waals surface area (Å²) in [7, 11) is 0. The average molecular weight is 843 g/mol. The molecule has 312 valence electrons. The van der Waals surface area contributed by atoms with Crippen LogP contribution < -0.4 is 4.90 Å². The van der Waals surface area contributed by atoms with E-state index >= 15 is 0 Å². The highest BCUT2D eigenvalue weighted by molar-refractivity contribution is 6.15. The molecule has 0 spiro atoms. The summed E-state index contributed by atoms with van der Waals surface area (Å²) < 4.78 is 2.40. The minimum absolute atomic E-state index is 0.190. The smallest absolute Gasteiger partial charge is 0.0547 e. The van der Waals surface area contributed by atoms with Crippen molar-refractivity contribution in [1.29, 1.82) is 0 Å². The Hall–Kier alpha value is -8.20. The van der Waals surface area contributed by atoms with E-state index in [0.29, 0.717) is 0 Å². The first-order chi connectivity index (χ1) is 32.5. The topological polar surface area (TPSA) is 8.17 Å². The third-order valence-corrected chi connectivity index (χ3v) is 14.4. The second-order valence-electron chi connectivity index (χ2n) is 18.5. The van der Waals surface area contributed by atoms with Crippen LogP contribution in [0, 0.1) is 0 Å². The molecular weight excluding hydrogens is 797 g/mol. The lowest BCUT2D eigenvalue weighted by Gasteiger charge is -2.32. The number of aromatic nitrogens is 1. The summed E-state index contributed by atoms with van der Waals surface area (Å²) in [5.41, 5.74) is 25.0. The van der Waals surface area contributed by atoms with Gasteiger partial charge in [-0.05, 0) is 151 Å². The van der Waals surface area contributed by atoms with E-state index in [0.717, 1.165) is 23.5 Å². The van der Waals surface area contributed by atoms with Crippen LogP contribution in [0.15, 0.2) is 231 Å². The molecule has 0 saturated heterocycles. The fraction of sp³-hybridized carbons (Fsp3) is 0.0625. The van der Waals surface area contributed by atoms with Gasteiger partial charge in [-0.1, -0.05) is 178 Å². The Morgan fingerprint density at radius 2 is 0.924 bits per heavy atom. The van der Waals surface area contributed by atoms with Gasteiger partial charge in [0.25, 0.3) is 0 Å². The molecule has 0 N–H and O–H groups in total. The van der Waals surface area contributed by atoms with E-state index in [1.165, 1.54) is 105 Å². The van der Waals surface area contributed by atoms with Crippen molar-refractivity contribution in [3.63, 3.8) is 0 Å². The number of hydrogen-bond acceptors (Lipinski definition) is 1. The lowest BCUT2D eigenvalue weighted by atomic mass is 9.81. The molecule has 0 amide bonds. The monoisotopic (exact) mass is 842 g/mol. The highest BCUT2D eigenvalue weighted by Crippen LogP contribution is 2.54. The Morgan fingerprint density at radius 1 is 0.394 bits per heavy atom. The van der Waals surface area contributed by atoms with Gasteiger partial charge in [0.1, 0.15) is 0 Å². The molecule has 2 heteroatoms. The van der Waals surface area contributed by atoms with Gasteiger partial charge in [-0.25, -0.2) is 0 Å². The molecule has 2 nitrogen and oxygen atoms in total. The number of nitrogens with zero attached hydrogens (tertiary/aromatic N) is 2. The summed E-state index contributed by atoms with van der Waals surface area (Å²) in [6, 6.07) is 85.3. The molecule has 0 saturated carbocycles. The van der Waals surface area contributed by atoms with Crippen molar-refractivity contribution in [2.75, 3.05) is 4.90 Å². The Balaban J connectivity index is 0.920. The Labute approximate surface area is 386 Å². The molecule has 2 aliphatic rings. The minimum Gasteiger partial charge on any atom is -0.310 e. The molecule has 11 aromatic rings. The van der Waals surface area contributed by atoms with Crippen LogP contribution in [0.1, 0.15) is 36.1 Å². The maximum absolute atomic E-state index is 2.48. The largest absolute Gasteiger partial charge is 0.310 e. The normalized spacial score (nSPS) is 13.1. The molecule has 0 bridgehead atoms. The first-order valence-electron chi connectivity index (χ1n) is 23.1. The van der Waals surface area contributed by atoms with E-state index in [4.69, 9.17) is 0 Å². The predicted octanol–water partition coefficient (Wildman–Crippen LogP) is 17.1. The SMILES string of the molecule is CC1(C)c2ccccc2-c2cccc(N(c3ccc(-c4ccc5c(c4)-c4cc(-c6ccccc6)ccc4C5)cc3)c3ccc(-c4cccc5c4c4ccccc4n5-c4ccccc4)cc3)c21. The van der Waals surface area contributed by atoms with Gasteiger partial charge in [0.2, 0.25) is 0 Å². The maximum atomic E-state index is 2.48. The fourth-order valence-electron chi connectivity index (χ4n) is 11.3. The Kier molecular flexibility index (Phi) is 8.66. The van der Waals surface area contributed by atoms with Gasteiger partial charge < -0.3 is 9.47 Å². The van der Waals surface area contributed by atoms with Crippen molar-refractivity contribution >= 4 is 38.9 Å². The Morgan fingerprint density at radius 3 is 1.64 bits per heavy atom. The van der Waals surface area contributed by atoms with E-state index in [-0.39, 0.29) is 5.41 Å². The molecule has 0 radical (unpaired) electrons. The minimum atomic E-state index is -0.190. The first kappa shape index (κ1) is 38.3. The fourth-order valence-corrected chi connectivity index (χ4v) is 11.3. The van der Waals surface area contributed by atoms with Crippen LogP contribution in [0.4, 0.5) is 17.1 Å². The lowest BCUT2D eigenvalue weighted by Crippen LogP contribution is -2.20. The summed E-state index contributed by atoms with van der Waals surface area (Å²) in [5.74, 6) is 0. The summed E-state index contributed by atoms with van der Waals surface area (Å²) in [6.45, 7) is 4.76. The molecule has 0 atom stereocenters. The van der Waals surface area contributed by atoms with Crippen molar-refractivity contribution in [2.45, 2.75) is 25.7 Å². The van der Waals surface area contributed by atoms with Crippen LogP contribution in [0.25, 0.3) is 83.1 Å². The number of hydrogen-bond donors (Lipinski definition) is 0. The number of rotatable bonds is 7. The highest BCUT2D eigenvalue weighted by Gasteiger charge is 2.38. The van der Waals surface area contributed by atoms with Crippen molar-refractivity contribution in [3.05, 3.63) is 253 Å². The first-order valence-corrected chi connectivity index (χ1v) is 23.1. The molecular formula is C64H46N2.